The van der Waals surface area contributed by atoms with E-state index in [2.05, 4.69) is 5.32 Å². The van der Waals surface area contributed by atoms with Crippen molar-refractivity contribution in [2.24, 2.45) is 0 Å². The number of para-hydroxylation sites is 1. The van der Waals surface area contributed by atoms with Crippen molar-refractivity contribution in [3.8, 4) is 5.75 Å². The number of phenolic OH excluding ortho intramolecular Hbond substituents is 1. The molecule has 1 aromatic rings. The lowest BCUT2D eigenvalue weighted by molar-refractivity contribution is -0.131. The third kappa shape index (κ3) is 3.08. The molecule has 2 rings (SSSR count). The quantitative estimate of drug-likeness (QED) is 0.809. The number of rotatable bonds is 3. The highest BCUT2D eigenvalue weighted by molar-refractivity contribution is 5.97. The van der Waals surface area contributed by atoms with Gasteiger partial charge in [-0.3, -0.25) is 9.59 Å². The number of piperazine rings is 1. The summed E-state index contributed by atoms with van der Waals surface area (Å²) in [5.41, 5.74) is 0.308. The maximum atomic E-state index is 12.3. The topological polar surface area (TPSA) is 72.9 Å². The van der Waals surface area contributed by atoms with E-state index in [4.69, 9.17) is 0 Å². The van der Waals surface area contributed by atoms with E-state index in [0.29, 0.717) is 38.3 Å². The molecule has 0 unspecified atom stereocenters. The lowest BCUT2D eigenvalue weighted by atomic mass is 10.1. The first-order valence-electron chi connectivity index (χ1n) is 6.63. The van der Waals surface area contributed by atoms with Crippen LogP contribution >= 0.6 is 0 Å². The molecule has 0 bridgehead atoms. The molecule has 2 N–H and O–H groups in total. The second-order valence-corrected chi connectivity index (χ2v) is 4.72. The van der Waals surface area contributed by atoms with E-state index in [1.54, 1.807) is 35.0 Å². The van der Waals surface area contributed by atoms with Crippen LogP contribution in [0.4, 0.5) is 0 Å². The molecule has 1 heterocycles. The van der Waals surface area contributed by atoms with Crippen molar-refractivity contribution in [2.75, 3.05) is 39.8 Å². The Bertz CT molecular complexity index is 496. The minimum atomic E-state index is -0.191. The summed E-state index contributed by atoms with van der Waals surface area (Å²) in [7, 11) is 1.73. The zero-order valence-corrected chi connectivity index (χ0v) is 11.5. The first-order chi connectivity index (χ1) is 9.63. The van der Waals surface area contributed by atoms with Crippen molar-refractivity contribution < 1.29 is 14.7 Å². The zero-order chi connectivity index (χ0) is 14.5. The number of hydrogen-bond acceptors (Lipinski definition) is 4. The second kappa shape index (κ2) is 6.38. The number of phenols is 1. The summed E-state index contributed by atoms with van der Waals surface area (Å²) in [6.07, 6.45) is 0. The van der Waals surface area contributed by atoms with Gasteiger partial charge in [0.15, 0.2) is 0 Å². The van der Waals surface area contributed by atoms with Crippen LogP contribution in [0.25, 0.3) is 0 Å². The highest BCUT2D eigenvalue weighted by Gasteiger charge is 2.25. The van der Waals surface area contributed by atoms with Crippen molar-refractivity contribution in [2.45, 2.75) is 0 Å². The number of benzene rings is 1. The highest BCUT2D eigenvalue weighted by atomic mass is 16.3. The molecule has 0 atom stereocenters. The Morgan fingerprint density at radius 3 is 2.35 bits per heavy atom. The van der Waals surface area contributed by atoms with Crippen molar-refractivity contribution in [1.29, 1.82) is 0 Å². The standard InChI is InChI=1S/C14H19N3O3/c1-15-10-13(19)16-6-8-17(9-7-16)14(20)11-4-2-3-5-12(11)18/h2-5,15,18H,6-10H2,1H3. The number of likely N-dealkylation sites (N-methyl/N-ethyl adjacent to an activating group) is 1. The van der Waals surface area contributed by atoms with Gasteiger partial charge in [0.25, 0.3) is 5.91 Å². The normalized spacial score (nSPS) is 15.2. The van der Waals surface area contributed by atoms with E-state index < -0.39 is 0 Å². The molecule has 0 aliphatic carbocycles. The summed E-state index contributed by atoms with van der Waals surface area (Å²) in [4.78, 5) is 27.4. The number of nitrogens with zero attached hydrogens (tertiary/aromatic N) is 2. The third-order valence-corrected chi connectivity index (χ3v) is 3.38. The molecule has 1 aliphatic heterocycles. The second-order valence-electron chi connectivity index (χ2n) is 4.72. The van der Waals surface area contributed by atoms with Crippen LogP contribution in [0, 0.1) is 0 Å². The zero-order valence-electron chi connectivity index (χ0n) is 11.5. The summed E-state index contributed by atoms with van der Waals surface area (Å²) >= 11 is 0. The van der Waals surface area contributed by atoms with E-state index >= 15 is 0 Å². The molecule has 0 aromatic heterocycles. The first kappa shape index (κ1) is 14.3. The molecular formula is C14H19N3O3. The molecule has 0 saturated carbocycles. The van der Waals surface area contributed by atoms with Crippen molar-refractivity contribution in [3.05, 3.63) is 29.8 Å². The number of hydrogen-bond donors (Lipinski definition) is 2. The molecular weight excluding hydrogens is 258 g/mol. The van der Waals surface area contributed by atoms with Gasteiger partial charge in [-0.1, -0.05) is 12.1 Å². The number of nitrogens with one attached hydrogen (secondary N) is 1. The number of amides is 2. The predicted octanol–water partition coefficient (Wildman–Crippen LogP) is -0.104. The van der Waals surface area contributed by atoms with Crippen LogP contribution in [0.15, 0.2) is 24.3 Å². The fraction of sp³-hybridized carbons (Fsp3) is 0.429. The SMILES string of the molecule is CNCC(=O)N1CCN(C(=O)c2ccccc2O)CC1. The van der Waals surface area contributed by atoms with Crippen LogP contribution in [0.5, 0.6) is 5.75 Å². The van der Waals surface area contributed by atoms with Crippen LogP contribution < -0.4 is 5.32 Å². The van der Waals surface area contributed by atoms with Crippen molar-refractivity contribution in [3.63, 3.8) is 0 Å². The average molecular weight is 277 g/mol. The summed E-state index contributed by atoms with van der Waals surface area (Å²) in [6, 6.07) is 6.51. The summed E-state index contributed by atoms with van der Waals surface area (Å²) in [6.45, 7) is 2.35. The van der Waals surface area contributed by atoms with Gasteiger partial charge >= 0.3 is 0 Å². The van der Waals surface area contributed by atoms with Gasteiger partial charge in [0.1, 0.15) is 5.75 Å². The van der Waals surface area contributed by atoms with Gasteiger partial charge in [0.05, 0.1) is 12.1 Å². The van der Waals surface area contributed by atoms with Crippen LogP contribution in [0.1, 0.15) is 10.4 Å². The molecule has 20 heavy (non-hydrogen) atoms. The van der Waals surface area contributed by atoms with Gasteiger partial charge in [-0.05, 0) is 19.2 Å². The monoisotopic (exact) mass is 277 g/mol. The van der Waals surface area contributed by atoms with Gasteiger partial charge in [-0.25, -0.2) is 0 Å². The minimum absolute atomic E-state index is 0.00816. The fourth-order valence-electron chi connectivity index (χ4n) is 2.25. The van der Waals surface area contributed by atoms with E-state index in [-0.39, 0.29) is 17.6 Å². The molecule has 108 valence electrons. The van der Waals surface area contributed by atoms with Gasteiger partial charge < -0.3 is 20.2 Å². The van der Waals surface area contributed by atoms with E-state index in [1.165, 1.54) is 6.07 Å². The molecule has 6 heteroatoms. The van der Waals surface area contributed by atoms with Gasteiger partial charge in [-0.2, -0.15) is 0 Å². The smallest absolute Gasteiger partial charge is 0.257 e. The Morgan fingerprint density at radius 2 is 1.75 bits per heavy atom. The lowest BCUT2D eigenvalue weighted by Gasteiger charge is -2.34. The average Bonchev–Trinajstić information content (AvgIpc) is 2.47. The molecule has 1 fully saturated rings. The largest absolute Gasteiger partial charge is 0.507 e. The number of carbonyl (C=O) groups excluding carboxylic acids is 2. The van der Waals surface area contributed by atoms with Crippen LogP contribution in [-0.2, 0) is 4.79 Å². The molecule has 1 aromatic carbocycles. The predicted molar refractivity (Wildman–Crippen MR) is 74.5 cm³/mol. The number of aromatic hydroxyl groups is 1. The Hall–Kier alpha value is -2.08. The van der Waals surface area contributed by atoms with E-state index in [0.717, 1.165) is 0 Å². The first-order valence-corrected chi connectivity index (χ1v) is 6.63. The molecule has 0 spiro atoms. The van der Waals surface area contributed by atoms with Crippen molar-refractivity contribution >= 4 is 11.8 Å². The van der Waals surface area contributed by atoms with Gasteiger partial charge in [0, 0.05) is 26.2 Å². The molecule has 1 aliphatic rings. The Morgan fingerprint density at radius 1 is 1.15 bits per heavy atom. The minimum Gasteiger partial charge on any atom is -0.507 e. The van der Waals surface area contributed by atoms with E-state index in [1.807, 2.05) is 0 Å². The Labute approximate surface area is 118 Å². The van der Waals surface area contributed by atoms with E-state index in [9.17, 15) is 14.7 Å². The van der Waals surface area contributed by atoms with Crippen LogP contribution in [-0.4, -0.2) is 66.5 Å². The molecule has 2 amide bonds. The summed E-state index contributed by atoms with van der Waals surface area (Å²) < 4.78 is 0. The van der Waals surface area contributed by atoms with Gasteiger partial charge in [-0.15, -0.1) is 0 Å². The third-order valence-electron chi connectivity index (χ3n) is 3.38. The summed E-state index contributed by atoms with van der Waals surface area (Å²) in [5.74, 6) is -0.155. The maximum Gasteiger partial charge on any atom is 0.257 e. The summed E-state index contributed by atoms with van der Waals surface area (Å²) in [5, 5.41) is 12.5. The highest BCUT2D eigenvalue weighted by Crippen LogP contribution is 2.18. The molecule has 6 nitrogen and oxygen atoms in total. The Balaban J connectivity index is 1.96. The van der Waals surface area contributed by atoms with Gasteiger partial charge in [0.2, 0.25) is 5.91 Å². The van der Waals surface area contributed by atoms with Crippen LogP contribution in [0.2, 0.25) is 0 Å². The Kier molecular flexibility index (Phi) is 4.57. The number of carbonyl (C=O) groups is 2. The van der Waals surface area contributed by atoms with Crippen molar-refractivity contribution in [1.82, 2.24) is 15.1 Å². The lowest BCUT2D eigenvalue weighted by Crippen LogP contribution is -2.52. The van der Waals surface area contributed by atoms with Crippen LogP contribution in [0.3, 0.4) is 0 Å². The molecule has 1 saturated heterocycles. The molecule has 0 radical (unpaired) electrons. The maximum absolute atomic E-state index is 12.3. The fourth-order valence-corrected chi connectivity index (χ4v) is 2.25.